The van der Waals surface area contributed by atoms with Crippen LogP contribution in [0.3, 0.4) is 0 Å². The van der Waals surface area contributed by atoms with Crippen molar-refractivity contribution < 1.29 is 8.42 Å². The molecule has 1 unspecified atom stereocenters. The molecule has 0 bridgehead atoms. The number of hydrogen-bond donors (Lipinski definition) is 0. The van der Waals surface area contributed by atoms with Crippen molar-refractivity contribution in [2.24, 2.45) is 5.92 Å². The molecule has 4 nitrogen and oxygen atoms in total. The maximum atomic E-state index is 11.7. The number of rotatable bonds is 8. The molecule has 188 valence electrons. The van der Waals surface area contributed by atoms with E-state index >= 15 is 0 Å². The van der Waals surface area contributed by atoms with Crippen LogP contribution in [0.4, 0.5) is 5.69 Å². The van der Waals surface area contributed by atoms with E-state index in [9.17, 15) is 8.42 Å². The average Bonchev–Trinajstić information content (AvgIpc) is 3.39. The molecule has 0 saturated carbocycles. The Labute approximate surface area is 225 Å². The minimum absolute atomic E-state index is 0.102. The normalized spacial score (nSPS) is 17.2. The molecule has 2 aliphatic rings. The third-order valence-corrected chi connectivity index (χ3v) is 8.41. The lowest BCUT2D eigenvalue weighted by atomic mass is 9.83. The van der Waals surface area contributed by atoms with Gasteiger partial charge in [0, 0.05) is 53.2 Å². The van der Waals surface area contributed by atoms with Gasteiger partial charge >= 0.3 is 0 Å². The fourth-order valence-electron chi connectivity index (χ4n) is 5.56. The monoisotopic (exact) mass is 540 g/mol. The maximum absolute atomic E-state index is 11.7. The van der Waals surface area contributed by atoms with Crippen molar-refractivity contribution in [3.63, 3.8) is 0 Å². The van der Waals surface area contributed by atoms with Crippen LogP contribution in [0.25, 0.3) is 0 Å². The predicted octanol–water partition coefficient (Wildman–Crippen LogP) is 6.47. The van der Waals surface area contributed by atoms with Gasteiger partial charge in [-0.05, 0) is 78.3 Å². The standard InChI is InChI=1S/C29H30Cl2N2O2S/c30-26-10-6-22(7-11-26)29(23-8-12-27(31)13-9-23)33-18-21(19-33)16-25(20-36(34)35)24-4-3-5-28(17-24)32-14-1-2-15-32/h3-13,17,20-21,25,29H,1-2,14-16,18-19H2. The molecule has 2 aliphatic heterocycles. The van der Waals surface area contributed by atoms with Gasteiger partial charge in [-0.15, -0.1) is 0 Å². The van der Waals surface area contributed by atoms with Gasteiger partial charge in [-0.1, -0.05) is 59.6 Å². The molecule has 0 radical (unpaired) electrons. The molecular weight excluding hydrogens is 511 g/mol. The minimum Gasteiger partial charge on any atom is -0.372 e. The van der Waals surface area contributed by atoms with Gasteiger partial charge in [0.15, 0.2) is 0 Å². The molecule has 2 heterocycles. The first-order valence-electron chi connectivity index (χ1n) is 12.5. The van der Waals surface area contributed by atoms with E-state index in [1.54, 1.807) is 0 Å². The van der Waals surface area contributed by atoms with Crippen LogP contribution >= 0.6 is 23.2 Å². The SMILES string of the molecule is O=S(=O)=CC(CC1CN(C(c2ccc(Cl)cc2)c2ccc(Cl)cc2)C1)c1cccc(N2CCCC2)c1. The van der Waals surface area contributed by atoms with Crippen LogP contribution in [0.15, 0.2) is 72.8 Å². The van der Waals surface area contributed by atoms with E-state index < -0.39 is 10.3 Å². The number of hydrogen-bond acceptors (Lipinski definition) is 4. The highest BCUT2D eigenvalue weighted by atomic mass is 35.5. The summed E-state index contributed by atoms with van der Waals surface area (Å²) in [6, 6.07) is 24.6. The van der Waals surface area contributed by atoms with Crippen LogP contribution in [0, 0.1) is 5.92 Å². The Balaban J connectivity index is 1.33. The smallest absolute Gasteiger partial charge is 0.210 e. The van der Waals surface area contributed by atoms with E-state index in [0.29, 0.717) is 5.92 Å². The van der Waals surface area contributed by atoms with Crippen LogP contribution in [-0.4, -0.2) is 44.9 Å². The van der Waals surface area contributed by atoms with Crippen molar-refractivity contribution in [3.8, 4) is 0 Å². The van der Waals surface area contributed by atoms with Crippen LogP contribution in [-0.2, 0) is 10.3 Å². The molecule has 2 fully saturated rings. The molecule has 3 aromatic rings. The summed E-state index contributed by atoms with van der Waals surface area (Å²) in [6.45, 7) is 3.94. The van der Waals surface area contributed by atoms with Crippen LogP contribution < -0.4 is 4.90 Å². The Kier molecular flexibility index (Phi) is 8.02. The Morgan fingerprint density at radius 3 is 1.97 bits per heavy atom. The van der Waals surface area contributed by atoms with Crippen molar-refractivity contribution >= 4 is 44.5 Å². The fraction of sp³-hybridized carbons (Fsp3) is 0.345. The lowest BCUT2D eigenvalue weighted by molar-refractivity contribution is 0.0625. The second-order valence-corrected chi connectivity index (χ2v) is 11.5. The Bertz CT molecular complexity index is 1260. The van der Waals surface area contributed by atoms with Crippen LogP contribution in [0.2, 0.25) is 10.0 Å². The zero-order chi connectivity index (χ0) is 25.1. The minimum atomic E-state index is -2.21. The lowest BCUT2D eigenvalue weighted by Crippen LogP contribution is -2.49. The fourth-order valence-corrected chi connectivity index (χ4v) is 6.35. The van der Waals surface area contributed by atoms with E-state index in [1.165, 1.54) is 35.0 Å². The van der Waals surface area contributed by atoms with Gasteiger partial charge in [0.1, 0.15) is 0 Å². The maximum Gasteiger partial charge on any atom is 0.210 e. The molecule has 5 rings (SSSR count). The summed E-state index contributed by atoms with van der Waals surface area (Å²) in [5, 5.41) is 2.91. The highest BCUT2D eigenvalue weighted by molar-refractivity contribution is 7.71. The molecule has 0 N–H and O–H groups in total. The number of likely N-dealkylation sites (tertiary alicyclic amines) is 1. The second kappa shape index (κ2) is 11.4. The summed E-state index contributed by atoms with van der Waals surface area (Å²) >= 11 is 12.3. The highest BCUT2D eigenvalue weighted by Crippen LogP contribution is 2.38. The Hall–Kier alpha value is -2.31. The molecule has 0 amide bonds. The van der Waals surface area contributed by atoms with Gasteiger partial charge in [0.2, 0.25) is 10.3 Å². The molecule has 1 atom stereocenters. The summed E-state index contributed by atoms with van der Waals surface area (Å²) in [7, 11) is -2.21. The van der Waals surface area contributed by atoms with Crippen molar-refractivity contribution in [1.29, 1.82) is 0 Å². The van der Waals surface area contributed by atoms with Gasteiger partial charge in [-0.3, -0.25) is 4.90 Å². The highest BCUT2D eigenvalue weighted by Gasteiger charge is 2.35. The molecule has 36 heavy (non-hydrogen) atoms. The van der Waals surface area contributed by atoms with E-state index in [2.05, 4.69) is 58.3 Å². The van der Waals surface area contributed by atoms with E-state index in [4.69, 9.17) is 23.2 Å². The predicted molar refractivity (Wildman–Crippen MR) is 150 cm³/mol. The lowest BCUT2D eigenvalue weighted by Gasteiger charge is -2.45. The first kappa shape index (κ1) is 25.3. The van der Waals surface area contributed by atoms with E-state index in [1.807, 2.05) is 24.3 Å². The third-order valence-electron chi connectivity index (χ3n) is 7.35. The summed E-state index contributed by atoms with van der Waals surface area (Å²) in [5.41, 5.74) is 4.64. The number of benzene rings is 3. The first-order valence-corrected chi connectivity index (χ1v) is 14.4. The van der Waals surface area contributed by atoms with Gasteiger partial charge in [-0.25, -0.2) is 0 Å². The van der Waals surface area contributed by atoms with Gasteiger partial charge in [0.05, 0.1) is 6.04 Å². The first-order chi connectivity index (χ1) is 17.5. The van der Waals surface area contributed by atoms with Crippen LogP contribution in [0.5, 0.6) is 0 Å². The molecular formula is C29H30Cl2N2O2S. The molecule has 2 saturated heterocycles. The zero-order valence-electron chi connectivity index (χ0n) is 20.1. The van der Waals surface area contributed by atoms with Crippen molar-refractivity contribution in [1.82, 2.24) is 4.90 Å². The largest absolute Gasteiger partial charge is 0.372 e. The summed E-state index contributed by atoms with van der Waals surface area (Å²) in [4.78, 5) is 4.84. The molecule has 7 heteroatoms. The summed E-state index contributed by atoms with van der Waals surface area (Å²) in [6.07, 6.45) is 3.23. The van der Waals surface area contributed by atoms with Crippen molar-refractivity contribution in [2.45, 2.75) is 31.2 Å². The number of nitrogens with zero attached hydrogens (tertiary/aromatic N) is 2. The van der Waals surface area contributed by atoms with E-state index in [0.717, 1.165) is 48.2 Å². The van der Waals surface area contributed by atoms with E-state index in [-0.39, 0.29) is 12.0 Å². The van der Waals surface area contributed by atoms with Gasteiger partial charge in [-0.2, -0.15) is 8.42 Å². The topological polar surface area (TPSA) is 40.6 Å². The van der Waals surface area contributed by atoms with Crippen molar-refractivity contribution in [2.75, 3.05) is 31.1 Å². The number of halogens is 2. The van der Waals surface area contributed by atoms with Crippen molar-refractivity contribution in [3.05, 3.63) is 99.5 Å². The Morgan fingerprint density at radius 1 is 0.833 bits per heavy atom. The average molecular weight is 542 g/mol. The molecule has 0 spiro atoms. The van der Waals surface area contributed by atoms with Gasteiger partial charge < -0.3 is 4.90 Å². The molecule has 0 aromatic heterocycles. The van der Waals surface area contributed by atoms with Gasteiger partial charge in [0.25, 0.3) is 0 Å². The third kappa shape index (κ3) is 5.97. The summed E-state index contributed by atoms with van der Waals surface area (Å²) < 4.78 is 23.4. The van der Waals surface area contributed by atoms with Crippen LogP contribution in [0.1, 0.15) is 47.9 Å². The molecule has 0 aliphatic carbocycles. The molecule has 3 aromatic carbocycles. The second-order valence-electron chi connectivity index (χ2n) is 9.85. The quantitative estimate of drug-likeness (QED) is 0.307. The number of anilines is 1. The zero-order valence-corrected chi connectivity index (χ0v) is 22.4. The summed E-state index contributed by atoms with van der Waals surface area (Å²) in [5.74, 6) is 0.287. The Morgan fingerprint density at radius 2 is 1.42 bits per heavy atom.